The van der Waals surface area contributed by atoms with E-state index in [4.69, 9.17) is 21.6 Å². The number of anilines is 1. The van der Waals surface area contributed by atoms with Gasteiger partial charge in [-0.15, -0.1) is 0 Å². The van der Waals surface area contributed by atoms with Crippen LogP contribution in [0.15, 0.2) is 83.8 Å². The molecule has 0 unspecified atom stereocenters. The molecular formula is C27H28ClN5O2S. The normalized spacial score (nSPS) is 16.2. The SMILES string of the molecule is C[C@H](c1nc(NCc2ccccc2)c2ccccc2n1)N1CCN(S(=O)(=O)c2ccc(Cl)cc2)CC1. The molecule has 1 fully saturated rings. The summed E-state index contributed by atoms with van der Waals surface area (Å²) in [6.45, 7) is 4.74. The number of halogens is 1. The molecule has 1 aliphatic rings. The van der Waals surface area contributed by atoms with Gasteiger partial charge in [0.2, 0.25) is 10.0 Å². The number of benzene rings is 3. The van der Waals surface area contributed by atoms with Gasteiger partial charge >= 0.3 is 0 Å². The second-order valence-electron chi connectivity index (χ2n) is 8.86. The van der Waals surface area contributed by atoms with E-state index >= 15 is 0 Å². The van der Waals surface area contributed by atoms with Crippen LogP contribution in [0.4, 0.5) is 5.82 Å². The van der Waals surface area contributed by atoms with Crippen LogP contribution >= 0.6 is 11.6 Å². The minimum Gasteiger partial charge on any atom is -0.365 e. The fourth-order valence-corrected chi connectivity index (χ4v) is 6.00. The molecular weight excluding hydrogens is 494 g/mol. The maximum Gasteiger partial charge on any atom is 0.243 e. The van der Waals surface area contributed by atoms with Crippen molar-refractivity contribution in [2.45, 2.75) is 24.4 Å². The van der Waals surface area contributed by atoms with Crippen molar-refractivity contribution in [2.24, 2.45) is 0 Å². The van der Waals surface area contributed by atoms with Crippen LogP contribution in [-0.4, -0.2) is 53.8 Å². The van der Waals surface area contributed by atoms with E-state index in [1.165, 1.54) is 9.87 Å². The first-order chi connectivity index (χ1) is 17.4. The Hall–Kier alpha value is -3.04. The number of rotatable bonds is 7. The number of hydrogen-bond acceptors (Lipinski definition) is 6. The van der Waals surface area contributed by atoms with Gasteiger partial charge in [-0.1, -0.05) is 54.1 Å². The van der Waals surface area contributed by atoms with E-state index in [9.17, 15) is 8.42 Å². The van der Waals surface area contributed by atoms with Crippen LogP contribution < -0.4 is 5.32 Å². The highest BCUT2D eigenvalue weighted by Crippen LogP contribution is 2.27. The topological polar surface area (TPSA) is 78.4 Å². The van der Waals surface area contributed by atoms with Gasteiger partial charge in [0, 0.05) is 43.1 Å². The highest BCUT2D eigenvalue weighted by atomic mass is 35.5. The molecule has 36 heavy (non-hydrogen) atoms. The molecule has 0 amide bonds. The van der Waals surface area contributed by atoms with E-state index in [0.29, 0.717) is 37.7 Å². The number of para-hydroxylation sites is 1. The third-order valence-electron chi connectivity index (χ3n) is 6.57. The number of nitrogens with zero attached hydrogens (tertiary/aromatic N) is 4. The molecule has 1 N–H and O–H groups in total. The number of nitrogens with one attached hydrogen (secondary N) is 1. The van der Waals surface area contributed by atoms with Crippen LogP contribution in [0.25, 0.3) is 10.9 Å². The van der Waals surface area contributed by atoms with Crippen molar-refractivity contribution in [3.8, 4) is 0 Å². The molecule has 1 saturated heterocycles. The highest BCUT2D eigenvalue weighted by molar-refractivity contribution is 7.89. The summed E-state index contributed by atoms with van der Waals surface area (Å²) >= 11 is 5.93. The van der Waals surface area contributed by atoms with Crippen LogP contribution in [0.5, 0.6) is 0 Å². The molecule has 2 heterocycles. The van der Waals surface area contributed by atoms with Crippen LogP contribution in [-0.2, 0) is 16.6 Å². The van der Waals surface area contributed by atoms with Crippen molar-refractivity contribution in [1.29, 1.82) is 0 Å². The van der Waals surface area contributed by atoms with Crippen molar-refractivity contribution in [3.63, 3.8) is 0 Å². The first-order valence-electron chi connectivity index (χ1n) is 12.0. The number of aromatic nitrogens is 2. The Balaban J connectivity index is 1.32. The van der Waals surface area contributed by atoms with Crippen LogP contribution in [0, 0.1) is 0 Å². The summed E-state index contributed by atoms with van der Waals surface area (Å²) in [7, 11) is -3.56. The maximum absolute atomic E-state index is 13.1. The largest absolute Gasteiger partial charge is 0.365 e. The molecule has 3 aromatic carbocycles. The summed E-state index contributed by atoms with van der Waals surface area (Å²) in [5, 5.41) is 4.97. The van der Waals surface area contributed by atoms with Crippen LogP contribution in [0.2, 0.25) is 5.02 Å². The smallest absolute Gasteiger partial charge is 0.243 e. The van der Waals surface area contributed by atoms with Gasteiger partial charge in [0.15, 0.2) is 0 Å². The quantitative estimate of drug-likeness (QED) is 0.370. The minimum atomic E-state index is -3.56. The average Bonchev–Trinajstić information content (AvgIpc) is 2.92. The molecule has 1 atom stereocenters. The van der Waals surface area contributed by atoms with Gasteiger partial charge in [0.25, 0.3) is 0 Å². The van der Waals surface area contributed by atoms with E-state index in [-0.39, 0.29) is 10.9 Å². The van der Waals surface area contributed by atoms with E-state index in [1.807, 2.05) is 42.5 Å². The van der Waals surface area contributed by atoms with Gasteiger partial charge in [0.05, 0.1) is 16.5 Å². The Morgan fingerprint density at radius 3 is 2.28 bits per heavy atom. The molecule has 186 valence electrons. The molecule has 7 nitrogen and oxygen atoms in total. The molecule has 1 aliphatic heterocycles. The van der Waals surface area contributed by atoms with Crippen molar-refractivity contribution < 1.29 is 8.42 Å². The first-order valence-corrected chi connectivity index (χ1v) is 13.8. The Morgan fingerprint density at radius 2 is 1.56 bits per heavy atom. The van der Waals surface area contributed by atoms with Gasteiger partial charge in [0.1, 0.15) is 11.6 Å². The zero-order valence-electron chi connectivity index (χ0n) is 20.0. The number of fused-ring (bicyclic) bond motifs is 1. The van der Waals surface area contributed by atoms with E-state index in [2.05, 4.69) is 29.3 Å². The molecule has 4 aromatic rings. The lowest BCUT2D eigenvalue weighted by molar-refractivity contribution is 0.141. The van der Waals surface area contributed by atoms with Crippen molar-refractivity contribution >= 4 is 38.3 Å². The molecule has 5 rings (SSSR count). The third-order valence-corrected chi connectivity index (χ3v) is 8.73. The summed E-state index contributed by atoms with van der Waals surface area (Å²) < 4.78 is 27.6. The zero-order chi connectivity index (χ0) is 25.1. The van der Waals surface area contributed by atoms with Gasteiger partial charge < -0.3 is 5.32 Å². The summed E-state index contributed by atoms with van der Waals surface area (Å²) in [6, 6.07) is 24.5. The van der Waals surface area contributed by atoms with Crippen molar-refractivity contribution in [2.75, 3.05) is 31.5 Å². The van der Waals surface area contributed by atoms with E-state index < -0.39 is 10.0 Å². The van der Waals surface area contributed by atoms with Gasteiger partial charge in [-0.05, 0) is 48.9 Å². The lowest BCUT2D eigenvalue weighted by Crippen LogP contribution is -2.49. The number of hydrogen-bond donors (Lipinski definition) is 1. The van der Waals surface area contributed by atoms with Gasteiger partial charge in [-0.2, -0.15) is 4.31 Å². The fourth-order valence-electron chi connectivity index (χ4n) is 4.45. The van der Waals surface area contributed by atoms with Crippen molar-refractivity contribution in [3.05, 3.63) is 95.3 Å². The summed E-state index contributed by atoms with van der Waals surface area (Å²) in [5.41, 5.74) is 2.06. The maximum atomic E-state index is 13.1. The average molecular weight is 522 g/mol. The Morgan fingerprint density at radius 1 is 0.889 bits per heavy atom. The molecule has 0 aliphatic carbocycles. The molecule has 1 aromatic heterocycles. The van der Waals surface area contributed by atoms with Gasteiger partial charge in [-0.25, -0.2) is 18.4 Å². The molecule has 0 spiro atoms. The summed E-state index contributed by atoms with van der Waals surface area (Å²) in [4.78, 5) is 12.3. The summed E-state index contributed by atoms with van der Waals surface area (Å²) in [5.74, 6) is 1.52. The van der Waals surface area contributed by atoms with Crippen molar-refractivity contribution in [1.82, 2.24) is 19.2 Å². The Labute approximate surface area is 216 Å². The second kappa shape index (κ2) is 10.5. The zero-order valence-corrected chi connectivity index (χ0v) is 21.6. The van der Waals surface area contributed by atoms with E-state index in [0.717, 1.165) is 22.5 Å². The Kier molecular flexibility index (Phi) is 7.20. The molecule has 0 bridgehead atoms. The minimum absolute atomic E-state index is 0.0627. The summed E-state index contributed by atoms with van der Waals surface area (Å²) in [6.07, 6.45) is 0. The third kappa shape index (κ3) is 5.22. The predicted octanol–water partition coefficient (Wildman–Crippen LogP) is 4.96. The highest BCUT2D eigenvalue weighted by Gasteiger charge is 2.31. The monoisotopic (exact) mass is 521 g/mol. The molecule has 9 heteroatoms. The fraction of sp³-hybridized carbons (Fsp3) is 0.259. The standard InChI is InChI=1S/C27H28ClN5O2S/c1-20(32-15-17-33(18-16-32)36(34,35)23-13-11-22(28)12-14-23)26-30-25-10-6-5-9-24(25)27(31-26)29-19-21-7-3-2-4-8-21/h2-14,20H,15-19H2,1H3,(H,29,30,31)/t20-/m1/s1. The first kappa shape index (κ1) is 24.6. The lowest BCUT2D eigenvalue weighted by atomic mass is 10.2. The Bertz CT molecular complexity index is 1440. The van der Waals surface area contributed by atoms with Crippen LogP contribution in [0.3, 0.4) is 0 Å². The number of sulfonamides is 1. The van der Waals surface area contributed by atoms with Crippen LogP contribution in [0.1, 0.15) is 24.4 Å². The molecule has 0 saturated carbocycles. The van der Waals surface area contributed by atoms with Gasteiger partial charge in [-0.3, -0.25) is 4.90 Å². The second-order valence-corrected chi connectivity index (χ2v) is 11.2. The molecule has 0 radical (unpaired) electrons. The lowest BCUT2D eigenvalue weighted by Gasteiger charge is -2.36. The predicted molar refractivity (Wildman–Crippen MR) is 144 cm³/mol. The number of piperazine rings is 1. The van der Waals surface area contributed by atoms with E-state index in [1.54, 1.807) is 24.3 Å².